The predicted octanol–water partition coefficient (Wildman–Crippen LogP) is 2.19. The molecular weight excluding hydrogens is 330 g/mol. The van der Waals surface area contributed by atoms with Crippen LogP contribution in [0.5, 0.6) is 5.75 Å². The highest BCUT2D eigenvalue weighted by Gasteiger charge is 2.29. The maximum Gasteiger partial charge on any atom is 0.276 e. The highest BCUT2D eigenvalue weighted by molar-refractivity contribution is 5.93. The molecule has 26 heavy (non-hydrogen) atoms. The minimum atomic E-state index is -0.0176. The molecule has 140 valence electrons. The van der Waals surface area contributed by atoms with Crippen LogP contribution in [0.4, 0.5) is 0 Å². The Hall–Kier alpha value is -2.41. The average molecular weight is 357 g/mol. The average Bonchev–Trinajstić information content (AvgIpc) is 3.07. The smallest absolute Gasteiger partial charge is 0.276 e. The third kappa shape index (κ3) is 3.72. The molecule has 7 heteroatoms. The van der Waals surface area contributed by atoms with E-state index in [-0.39, 0.29) is 11.9 Å². The van der Waals surface area contributed by atoms with E-state index in [4.69, 9.17) is 4.74 Å². The Balaban J connectivity index is 1.85. The number of amides is 1. The first kappa shape index (κ1) is 18.4. The molecule has 7 nitrogen and oxygen atoms in total. The van der Waals surface area contributed by atoms with Gasteiger partial charge in [-0.1, -0.05) is 12.1 Å². The molecule has 0 radical (unpaired) electrons. The van der Waals surface area contributed by atoms with Crippen molar-refractivity contribution in [1.82, 2.24) is 25.2 Å². The van der Waals surface area contributed by atoms with Gasteiger partial charge in [-0.3, -0.25) is 4.79 Å². The molecule has 0 spiro atoms. The Morgan fingerprint density at radius 3 is 2.62 bits per heavy atom. The van der Waals surface area contributed by atoms with Crippen molar-refractivity contribution in [2.24, 2.45) is 0 Å². The van der Waals surface area contributed by atoms with Gasteiger partial charge in [-0.25, -0.2) is 4.68 Å². The number of ether oxygens (including phenoxy) is 1. The molecule has 2 heterocycles. The topological polar surface area (TPSA) is 72.3 Å². The second-order valence-corrected chi connectivity index (χ2v) is 6.61. The molecule has 2 aromatic rings. The lowest BCUT2D eigenvalue weighted by Gasteiger charge is -2.34. The second-order valence-electron chi connectivity index (χ2n) is 6.61. The van der Waals surface area contributed by atoms with Crippen molar-refractivity contribution in [2.45, 2.75) is 39.2 Å². The van der Waals surface area contributed by atoms with Crippen molar-refractivity contribution in [1.29, 1.82) is 0 Å². The summed E-state index contributed by atoms with van der Waals surface area (Å²) in [4.78, 5) is 15.2. The molecule has 1 amide bonds. The first-order valence-corrected chi connectivity index (χ1v) is 9.24. The predicted molar refractivity (Wildman–Crippen MR) is 99.9 cm³/mol. The lowest BCUT2D eigenvalue weighted by Crippen LogP contribution is -2.46. The van der Waals surface area contributed by atoms with Gasteiger partial charge in [0.15, 0.2) is 5.69 Å². The fourth-order valence-electron chi connectivity index (χ4n) is 3.44. The molecule has 0 bridgehead atoms. The number of methoxy groups -OCH3 is 1. The van der Waals surface area contributed by atoms with Crippen LogP contribution in [0, 0.1) is 6.92 Å². The summed E-state index contributed by atoms with van der Waals surface area (Å²) >= 11 is 0. The Kier molecular flexibility index (Phi) is 5.88. The van der Waals surface area contributed by atoms with E-state index in [0.717, 1.165) is 56.0 Å². The molecule has 3 rings (SSSR count). The quantitative estimate of drug-likeness (QED) is 0.858. The van der Waals surface area contributed by atoms with Gasteiger partial charge in [0.1, 0.15) is 5.75 Å². The summed E-state index contributed by atoms with van der Waals surface area (Å²) in [6.45, 7) is 6.65. The lowest BCUT2D eigenvalue weighted by atomic mass is 10.0. The molecule has 1 aliphatic heterocycles. The van der Waals surface area contributed by atoms with Crippen LogP contribution in [0.25, 0.3) is 5.69 Å². The second kappa shape index (κ2) is 8.31. The van der Waals surface area contributed by atoms with Gasteiger partial charge in [0.2, 0.25) is 0 Å². The Morgan fingerprint density at radius 2 is 2.00 bits per heavy atom. The van der Waals surface area contributed by atoms with Crippen LogP contribution >= 0.6 is 0 Å². The van der Waals surface area contributed by atoms with Crippen molar-refractivity contribution in [2.75, 3.05) is 26.7 Å². The van der Waals surface area contributed by atoms with E-state index in [1.807, 2.05) is 36.1 Å². The summed E-state index contributed by atoms with van der Waals surface area (Å²) in [5.74, 6) is 0.763. The molecular formula is C19H27N5O2. The van der Waals surface area contributed by atoms with E-state index in [9.17, 15) is 4.79 Å². The van der Waals surface area contributed by atoms with Crippen LogP contribution in [-0.2, 0) is 0 Å². The van der Waals surface area contributed by atoms with Gasteiger partial charge >= 0.3 is 0 Å². The van der Waals surface area contributed by atoms with Crippen LogP contribution in [0.3, 0.4) is 0 Å². The molecule has 1 aromatic heterocycles. The van der Waals surface area contributed by atoms with Crippen molar-refractivity contribution in [3.05, 3.63) is 35.7 Å². The van der Waals surface area contributed by atoms with Crippen molar-refractivity contribution < 1.29 is 9.53 Å². The van der Waals surface area contributed by atoms with Gasteiger partial charge in [-0.05, 0) is 63.5 Å². The summed E-state index contributed by atoms with van der Waals surface area (Å²) < 4.78 is 6.90. The zero-order valence-electron chi connectivity index (χ0n) is 15.7. The summed E-state index contributed by atoms with van der Waals surface area (Å²) in [6.07, 6.45) is 2.90. The van der Waals surface area contributed by atoms with Crippen LogP contribution < -0.4 is 10.1 Å². The maximum absolute atomic E-state index is 13.2. The molecule has 1 fully saturated rings. The Morgan fingerprint density at radius 1 is 1.31 bits per heavy atom. The summed E-state index contributed by atoms with van der Waals surface area (Å²) in [6, 6.07) is 7.83. The van der Waals surface area contributed by atoms with Gasteiger partial charge in [-0.15, -0.1) is 5.10 Å². The van der Waals surface area contributed by atoms with Crippen molar-refractivity contribution >= 4 is 5.91 Å². The molecule has 0 aliphatic carbocycles. The van der Waals surface area contributed by atoms with Crippen LogP contribution in [0.15, 0.2) is 24.3 Å². The minimum absolute atomic E-state index is 0.0176. The Labute approximate surface area is 154 Å². The van der Waals surface area contributed by atoms with E-state index in [1.165, 1.54) is 0 Å². The highest BCUT2D eigenvalue weighted by atomic mass is 16.5. The zero-order chi connectivity index (χ0) is 18.5. The van der Waals surface area contributed by atoms with E-state index in [0.29, 0.717) is 5.69 Å². The number of nitrogens with one attached hydrogen (secondary N) is 1. The monoisotopic (exact) mass is 357 g/mol. The molecule has 0 unspecified atom stereocenters. The van der Waals surface area contributed by atoms with Gasteiger partial charge in [0.25, 0.3) is 5.91 Å². The fraction of sp³-hybridized carbons (Fsp3) is 0.526. The zero-order valence-corrected chi connectivity index (χ0v) is 15.7. The lowest BCUT2D eigenvalue weighted by molar-refractivity contribution is 0.0635. The minimum Gasteiger partial charge on any atom is -0.497 e. The first-order chi connectivity index (χ1) is 12.7. The largest absolute Gasteiger partial charge is 0.497 e. The number of piperidine rings is 1. The van der Waals surface area contributed by atoms with Gasteiger partial charge in [0.05, 0.1) is 18.5 Å². The van der Waals surface area contributed by atoms with Gasteiger partial charge in [0, 0.05) is 12.6 Å². The number of rotatable bonds is 6. The van der Waals surface area contributed by atoms with Crippen LogP contribution in [-0.4, -0.2) is 58.6 Å². The molecule has 0 saturated carbocycles. The fourth-order valence-corrected chi connectivity index (χ4v) is 3.44. The van der Waals surface area contributed by atoms with Gasteiger partial charge < -0.3 is 15.0 Å². The number of benzene rings is 1. The van der Waals surface area contributed by atoms with E-state index >= 15 is 0 Å². The Bertz CT molecular complexity index is 735. The van der Waals surface area contributed by atoms with Crippen molar-refractivity contribution in [3.8, 4) is 11.4 Å². The first-order valence-electron chi connectivity index (χ1n) is 9.24. The molecule has 1 saturated heterocycles. The number of hydrogen-bond acceptors (Lipinski definition) is 5. The molecule has 1 aromatic carbocycles. The number of carbonyl (C=O) groups excluding carboxylic acids is 1. The SMILES string of the molecule is CCCN(C(=O)c1nnn(-c2ccc(OC)cc2)c1C)C1CCNCC1. The highest BCUT2D eigenvalue weighted by Crippen LogP contribution is 2.20. The van der Waals surface area contributed by atoms with Crippen LogP contribution in [0.1, 0.15) is 42.4 Å². The summed E-state index contributed by atoms with van der Waals surface area (Å²) in [7, 11) is 1.63. The van der Waals surface area contributed by atoms with E-state index < -0.39 is 0 Å². The number of nitrogens with zero attached hydrogens (tertiary/aromatic N) is 4. The maximum atomic E-state index is 13.2. The number of hydrogen-bond donors (Lipinski definition) is 1. The van der Waals surface area contributed by atoms with Crippen molar-refractivity contribution in [3.63, 3.8) is 0 Å². The number of aromatic nitrogens is 3. The normalized spacial score (nSPS) is 15.0. The number of carbonyl (C=O) groups is 1. The standard InChI is InChI=1S/C19H27N5O2/c1-4-13-23(15-9-11-20-12-10-15)19(25)18-14(2)24(22-21-18)16-5-7-17(26-3)8-6-16/h5-8,15,20H,4,9-13H2,1-3H3. The third-order valence-corrected chi connectivity index (χ3v) is 4.89. The summed E-state index contributed by atoms with van der Waals surface area (Å²) in [5.41, 5.74) is 2.06. The molecule has 1 N–H and O–H groups in total. The van der Waals surface area contributed by atoms with Crippen LogP contribution in [0.2, 0.25) is 0 Å². The molecule has 1 aliphatic rings. The summed E-state index contributed by atoms with van der Waals surface area (Å²) in [5, 5.41) is 11.8. The third-order valence-electron chi connectivity index (χ3n) is 4.89. The van der Waals surface area contributed by atoms with Gasteiger partial charge in [-0.2, -0.15) is 0 Å². The van der Waals surface area contributed by atoms with E-state index in [2.05, 4.69) is 22.6 Å². The molecule has 0 atom stereocenters. The van der Waals surface area contributed by atoms with E-state index in [1.54, 1.807) is 11.8 Å².